The van der Waals surface area contributed by atoms with Gasteiger partial charge in [-0.15, -0.1) is 13.2 Å². The highest BCUT2D eigenvalue weighted by Gasteiger charge is 2.45. The summed E-state index contributed by atoms with van der Waals surface area (Å²) in [6.45, 7) is 1.56. The van der Waals surface area contributed by atoms with Gasteiger partial charge in [0.1, 0.15) is 11.3 Å². The molecule has 5 rings (SSSR count). The van der Waals surface area contributed by atoms with E-state index in [-0.39, 0.29) is 34.9 Å². The van der Waals surface area contributed by atoms with Gasteiger partial charge in [-0.3, -0.25) is 10.1 Å². The van der Waals surface area contributed by atoms with Crippen molar-refractivity contribution in [1.29, 1.82) is 0 Å². The number of benzene rings is 2. The molecule has 1 aliphatic heterocycles. The second kappa shape index (κ2) is 9.73. The van der Waals surface area contributed by atoms with Crippen LogP contribution in [0.3, 0.4) is 0 Å². The smallest absolute Gasteiger partial charge is 0.424 e. The summed E-state index contributed by atoms with van der Waals surface area (Å²) < 4.78 is 47.5. The van der Waals surface area contributed by atoms with Gasteiger partial charge in [-0.25, -0.2) is 0 Å². The second-order valence-electron chi connectivity index (χ2n) is 9.81. The van der Waals surface area contributed by atoms with E-state index in [0.29, 0.717) is 5.58 Å². The van der Waals surface area contributed by atoms with Crippen LogP contribution in [0.5, 0.6) is 5.75 Å². The Balaban J connectivity index is 1.33. The number of ether oxygens (including phenoxy) is 1. The van der Waals surface area contributed by atoms with Crippen LogP contribution in [0.2, 0.25) is 0 Å². The number of oxazole rings is 1. The van der Waals surface area contributed by atoms with Crippen molar-refractivity contribution < 1.29 is 27.2 Å². The fourth-order valence-corrected chi connectivity index (χ4v) is 5.67. The van der Waals surface area contributed by atoms with Gasteiger partial charge in [0.25, 0.3) is 11.7 Å². The number of non-ortho nitro benzene ring substituents is 1. The maximum atomic E-state index is 12.6. The molecule has 198 valence electrons. The summed E-state index contributed by atoms with van der Waals surface area (Å²) in [5.41, 5.74) is 8.15. The predicted molar refractivity (Wildman–Crippen MR) is 132 cm³/mol. The molecule has 2 fully saturated rings. The second-order valence-corrected chi connectivity index (χ2v) is 9.81. The summed E-state index contributed by atoms with van der Waals surface area (Å²) in [7, 11) is 0. The molecule has 2 heterocycles. The summed E-state index contributed by atoms with van der Waals surface area (Å²) in [5.74, 6) is -0.204. The van der Waals surface area contributed by atoms with Gasteiger partial charge in [0.15, 0.2) is 5.58 Å². The van der Waals surface area contributed by atoms with Crippen molar-refractivity contribution >= 4 is 28.5 Å². The minimum absolute atomic E-state index is 0.0552. The van der Waals surface area contributed by atoms with Crippen LogP contribution < -0.4 is 20.7 Å². The van der Waals surface area contributed by atoms with Gasteiger partial charge in [0, 0.05) is 48.6 Å². The van der Waals surface area contributed by atoms with Crippen molar-refractivity contribution in [3.8, 4) is 5.75 Å². The van der Waals surface area contributed by atoms with Crippen LogP contribution in [0.15, 0.2) is 46.9 Å². The third kappa shape index (κ3) is 5.43. The fraction of sp³-hybridized carbons (Fsp3) is 0.480. The van der Waals surface area contributed by atoms with Gasteiger partial charge >= 0.3 is 6.36 Å². The molecule has 0 spiro atoms. The Labute approximate surface area is 210 Å². The molecule has 1 aliphatic carbocycles. The normalized spacial score (nSPS) is 24.7. The molecular weight excluding hydrogens is 491 g/mol. The first kappa shape index (κ1) is 25.1. The van der Waals surface area contributed by atoms with Crippen molar-refractivity contribution in [1.82, 2.24) is 4.98 Å². The van der Waals surface area contributed by atoms with E-state index in [2.05, 4.69) is 19.9 Å². The van der Waals surface area contributed by atoms with E-state index in [1.54, 1.807) is 12.1 Å². The number of fused-ring (bicyclic) bond motifs is 1. The summed E-state index contributed by atoms with van der Waals surface area (Å²) in [6.07, 6.45) is 0.705. The summed E-state index contributed by atoms with van der Waals surface area (Å²) in [5, 5.41) is 14.3. The topological polar surface area (TPSA) is 120 Å². The fourth-order valence-electron chi connectivity index (χ4n) is 5.67. The molecule has 1 saturated heterocycles. The summed E-state index contributed by atoms with van der Waals surface area (Å²) >= 11 is 0. The average molecular weight is 520 g/mol. The standard InChI is InChI=1S/C25H28F3N5O4/c26-25(27,28)37-19-10-11-21-20(14-19)30-23(36-21)31-22-5-1-2-12-24(22,29)16-4-3-13-32(15-16)17-6-8-18(9-7-17)33(34)35/h6-11,14,16,22H,1-5,12-13,15,29H2,(H,30,31). The van der Waals surface area contributed by atoms with Crippen LogP contribution >= 0.6 is 0 Å². The summed E-state index contributed by atoms with van der Waals surface area (Å²) in [4.78, 5) is 17.2. The Morgan fingerprint density at radius 2 is 1.95 bits per heavy atom. The number of hydrogen-bond acceptors (Lipinski definition) is 8. The highest BCUT2D eigenvalue weighted by molar-refractivity contribution is 5.76. The number of alkyl halides is 3. The molecule has 3 unspecified atom stereocenters. The van der Waals surface area contributed by atoms with Gasteiger partial charge in [-0.05, 0) is 55.9 Å². The van der Waals surface area contributed by atoms with E-state index < -0.39 is 16.8 Å². The van der Waals surface area contributed by atoms with Crippen LogP contribution in [0.4, 0.5) is 30.6 Å². The van der Waals surface area contributed by atoms with Crippen LogP contribution in [0.25, 0.3) is 11.1 Å². The van der Waals surface area contributed by atoms with Gasteiger partial charge in [0.2, 0.25) is 0 Å². The molecular formula is C25H28F3N5O4. The Hall–Kier alpha value is -3.54. The van der Waals surface area contributed by atoms with Crippen molar-refractivity contribution in [2.24, 2.45) is 11.7 Å². The van der Waals surface area contributed by atoms with E-state index in [9.17, 15) is 23.3 Å². The lowest BCUT2D eigenvalue weighted by molar-refractivity contribution is -0.384. The molecule has 12 heteroatoms. The Morgan fingerprint density at radius 1 is 1.16 bits per heavy atom. The SMILES string of the molecule is NC1(C2CCCN(c3ccc([N+](=O)[O-])cc3)C2)CCCCC1Nc1nc2cc(OC(F)(F)F)ccc2o1. The number of nitrogens with two attached hydrogens (primary N) is 1. The molecule has 9 nitrogen and oxygen atoms in total. The van der Waals surface area contributed by atoms with Crippen LogP contribution in [0.1, 0.15) is 38.5 Å². The number of anilines is 2. The molecule has 3 N–H and O–H groups in total. The predicted octanol–water partition coefficient (Wildman–Crippen LogP) is 5.60. The Morgan fingerprint density at radius 3 is 2.68 bits per heavy atom. The van der Waals surface area contributed by atoms with Gasteiger partial charge in [-0.2, -0.15) is 4.98 Å². The van der Waals surface area contributed by atoms with Crippen molar-refractivity contribution in [2.75, 3.05) is 23.3 Å². The lowest BCUT2D eigenvalue weighted by Crippen LogP contribution is -2.63. The minimum atomic E-state index is -4.79. The summed E-state index contributed by atoms with van der Waals surface area (Å²) in [6, 6.07) is 10.4. The zero-order chi connectivity index (χ0) is 26.2. The zero-order valence-electron chi connectivity index (χ0n) is 20.0. The zero-order valence-corrected chi connectivity index (χ0v) is 20.0. The maximum absolute atomic E-state index is 12.6. The number of piperidine rings is 1. The van der Waals surface area contributed by atoms with Crippen molar-refractivity contribution in [3.63, 3.8) is 0 Å². The van der Waals surface area contributed by atoms with E-state index in [1.807, 2.05) is 0 Å². The van der Waals surface area contributed by atoms with E-state index >= 15 is 0 Å². The molecule has 3 aromatic rings. The number of halogens is 3. The molecule has 0 radical (unpaired) electrons. The molecule has 2 aromatic carbocycles. The van der Waals surface area contributed by atoms with E-state index in [1.165, 1.54) is 30.3 Å². The molecule has 1 aromatic heterocycles. The number of rotatable bonds is 6. The van der Waals surface area contributed by atoms with Crippen molar-refractivity contribution in [3.05, 3.63) is 52.6 Å². The lowest BCUT2D eigenvalue weighted by atomic mass is 9.67. The molecule has 2 aliphatic rings. The number of aromatic nitrogens is 1. The largest absolute Gasteiger partial charge is 0.573 e. The molecule has 0 bridgehead atoms. The first-order valence-corrected chi connectivity index (χ1v) is 12.3. The average Bonchev–Trinajstić information content (AvgIpc) is 3.26. The van der Waals surface area contributed by atoms with Crippen LogP contribution in [-0.2, 0) is 0 Å². The number of nitrogens with one attached hydrogen (secondary N) is 1. The molecule has 37 heavy (non-hydrogen) atoms. The lowest BCUT2D eigenvalue weighted by Gasteiger charge is -2.50. The number of nitrogens with zero attached hydrogens (tertiary/aromatic N) is 3. The third-order valence-corrected chi connectivity index (χ3v) is 7.50. The number of nitro groups is 1. The monoisotopic (exact) mass is 519 g/mol. The Kier molecular flexibility index (Phi) is 6.61. The first-order valence-electron chi connectivity index (χ1n) is 12.3. The minimum Gasteiger partial charge on any atom is -0.424 e. The molecule has 0 amide bonds. The van der Waals surface area contributed by atoms with Crippen LogP contribution in [0, 0.1) is 16.0 Å². The number of hydrogen-bond donors (Lipinski definition) is 2. The van der Waals surface area contributed by atoms with Crippen LogP contribution in [-0.4, -0.2) is 40.9 Å². The molecule has 1 saturated carbocycles. The van der Waals surface area contributed by atoms with Gasteiger partial charge in [0.05, 0.1) is 4.92 Å². The maximum Gasteiger partial charge on any atom is 0.573 e. The third-order valence-electron chi connectivity index (χ3n) is 7.50. The number of nitro benzene ring substituents is 1. The quantitative estimate of drug-likeness (QED) is 0.319. The first-order chi connectivity index (χ1) is 17.6. The highest BCUT2D eigenvalue weighted by atomic mass is 19.4. The molecule has 3 atom stereocenters. The van der Waals surface area contributed by atoms with Gasteiger partial charge in [-0.1, -0.05) is 12.8 Å². The Bertz CT molecular complexity index is 1270. The van der Waals surface area contributed by atoms with Gasteiger partial charge < -0.3 is 25.1 Å². The van der Waals surface area contributed by atoms with E-state index in [4.69, 9.17) is 10.2 Å². The highest BCUT2D eigenvalue weighted by Crippen LogP contribution is 2.40. The van der Waals surface area contributed by atoms with Crippen molar-refractivity contribution in [2.45, 2.75) is 56.5 Å². The van der Waals surface area contributed by atoms with E-state index in [0.717, 1.165) is 57.3 Å².